The second-order valence-electron chi connectivity index (χ2n) is 7.65. The monoisotopic (exact) mass is 470 g/mol. The number of nitrogens with zero attached hydrogens (tertiary/aromatic N) is 2. The molecule has 5 rings (SSSR count). The number of hydrogen-bond donors (Lipinski definition) is 0. The number of hydrogen-bond acceptors (Lipinski definition) is 4. The molecule has 1 atom stereocenters. The molecular weight excluding hydrogens is 455 g/mol. The first-order chi connectivity index (χ1) is 15.3. The van der Waals surface area contributed by atoms with Crippen LogP contribution in [0.2, 0.25) is 5.02 Å². The van der Waals surface area contributed by atoms with Crippen LogP contribution in [0.3, 0.4) is 0 Å². The van der Waals surface area contributed by atoms with E-state index in [1.807, 2.05) is 0 Å². The summed E-state index contributed by atoms with van der Waals surface area (Å²) in [4.78, 5) is 27.0. The van der Waals surface area contributed by atoms with Crippen molar-refractivity contribution in [2.75, 3.05) is 15.6 Å². The number of anilines is 2. The Morgan fingerprint density at radius 1 is 0.969 bits per heavy atom. The zero-order chi connectivity index (χ0) is 22.7. The summed E-state index contributed by atoms with van der Waals surface area (Å²) in [5.41, 5.74) is 1.24. The number of rotatable bonds is 3. The van der Waals surface area contributed by atoms with Gasteiger partial charge in [-0.3, -0.25) is 14.5 Å². The summed E-state index contributed by atoms with van der Waals surface area (Å²) < 4.78 is 40.7. The lowest BCUT2D eigenvalue weighted by Crippen LogP contribution is -2.54. The third-order valence-electron chi connectivity index (χ3n) is 5.72. The number of carbonyl (C=O) groups is 2. The molecule has 0 aliphatic carbocycles. The number of sulfone groups is 1. The molecule has 1 spiro atoms. The van der Waals surface area contributed by atoms with Gasteiger partial charge in [0.25, 0.3) is 10.8 Å². The van der Waals surface area contributed by atoms with Crippen molar-refractivity contribution in [2.45, 2.75) is 11.4 Å². The zero-order valence-electron chi connectivity index (χ0n) is 16.5. The van der Waals surface area contributed by atoms with Gasteiger partial charge in [-0.15, -0.1) is 0 Å². The van der Waals surface area contributed by atoms with E-state index in [0.29, 0.717) is 16.3 Å². The summed E-state index contributed by atoms with van der Waals surface area (Å²) in [6.07, 6.45) is 0. The van der Waals surface area contributed by atoms with Gasteiger partial charge in [-0.2, -0.15) is 0 Å². The summed E-state index contributed by atoms with van der Waals surface area (Å²) in [5.74, 6) is -2.79. The van der Waals surface area contributed by atoms with Crippen LogP contribution >= 0.6 is 11.6 Å². The molecule has 1 fully saturated rings. The second-order valence-corrected chi connectivity index (χ2v) is 10.2. The van der Waals surface area contributed by atoms with Crippen molar-refractivity contribution in [3.05, 3.63) is 94.8 Å². The fourth-order valence-electron chi connectivity index (χ4n) is 4.48. The van der Waals surface area contributed by atoms with Crippen LogP contribution in [0.5, 0.6) is 0 Å². The van der Waals surface area contributed by atoms with Crippen LogP contribution in [0.4, 0.5) is 15.8 Å². The molecule has 3 aromatic carbocycles. The van der Waals surface area contributed by atoms with Gasteiger partial charge < -0.3 is 4.90 Å². The van der Waals surface area contributed by atoms with Crippen LogP contribution in [-0.4, -0.2) is 26.0 Å². The van der Waals surface area contributed by atoms with E-state index in [-0.39, 0.29) is 17.8 Å². The molecule has 2 aliphatic heterocycles. The van der Waals surface area contributed by atoms with Gasteiger partial charge in [-0.1, -0.05) is 48.0 Å². The quantitative estimate of drug-likeness (QED) is 0.585. The van der Waals surface area contributed by atoms with E-state index in [0.717, 1.165) is 4.90 Å². The molecule has 2 amide bonds. The van der Waals surface area contributed by atoms with Crippen LogP contribution in [-0.2, 0) is 30.8 Å². The number of amides is 2. The predicted molar refractivity (Wildman–Crippen MR) is 118 cm³/mol. The minimum atomic E-state index is -4.27. The van der Waals surface area contributed by atoms with Gasteiger partial charge >= 0.3 is 0 Å². The molecule has 162 valence electrons. The summed E-state index contributed by atoms with van der Waals surface area (Å²) in [6.45, 7) is -0.0531. The van der Waals surface area contributed by atoms with Gasteiger partial charge in [-0.05, 0) is 42.0 Å². The zero-order valence-corrected chi connectivity index (χ0v) is 18.1. The number of benzene rings is 3. The molecular formula is C23H16ClFN2O4S. The van der Waals surface area contributed by atoms with Gasteiger partial charge in [0, 0.05) is 16.3 Å². The van der Waals surface area contributed by atoms with Crippen LogP contribution in [0, 0.1) is 5.82 Å². The molecule has 0 bridgehead atoms. The molecule has 2 aliphatic rings. The molecule has 32 heavy (non-hydrogen) atoms. The third-order valence-corrected chi connectivity index (χ3v) is 8.06. The number of para-hydroxylation sites is 1. The molecule has 9 heteroatoms. The first-order valence-corrected chi connectivity index (χ1v) is 11.8. The van der Waals surface area contributed by atoms with Crippen LogP contribution in [0.1, 0.15) is 11.1 Å². The highest BCUT2D eigenvalue weighted by Crippen LogP contribution is 2.52. The minimum Gasteiger partial charge on any atom is -0.304 e. The molecule has 0 N–H and O–H groups in total. The Balaban J connectivity index is 1.74. The van der Waals surface area contributed by atoms with E-state index in [1.54, 1.807) is 36.4 Å². The normalized spacial score (nSPS) is 21.4. The minimum absolute atomic E-state index is 0.0531. The largest absolute Gasteiger partial charge is 0.304 e. The predicted octanol–water partition coefficient (Wildman–Crippen LogP) is 3.64. The molecule has 2 heterocycles. The highest BCUT2D eigenvalue weighted by Gasteiger charge is 2.69. The highest BCUT2D eigenvalue weighted by atomic mass is 35.5. The Hall–Kier alpha value is -3.23. The Bertz CT molecular complexity index is 1390. The first kappa shape index (κ1) is 20.7. The van der Waals surface area contributed by atoms with Gasteiger partial charge in [-0.25, -0.2) is 12.8 Å². The van der Waals surface area contributed by atoms with Gasteiger partial charge in [0.1, 0.15) is 11.6 Å². The summed E-state index contributed by atoms with van der Waals surface area (Å²) in [5, 5.41) is 0.296. The fraction of sp³-hybridized carbons (Fsp3) is 0.130. The lowest BCUT2D eigenvalue weighted by Gasteiger charge is -2.32. The van der Waals surface area contributed by atoms with Crippen molar-refractivity contribution >= 4 is 44.6 Å². The van der Waals surface area contributed by atoms with E-state index < -0.39 is 38.1 Å². The Kier molecular flexibility index (Phi) is 4.61. The van der Waals surface area contributed by atoms with E-state index >= 15 is 0 Å². The molecule has 0 saturated carbocycles. The van der Waals surface area contributed by atoms with Crippen molar-refractivity contribution < 1.29 is 22.4 Å². The maximum Gasteiger partial charge on any atom is 0.274 e. The Morgan fingerprint density at radius 2 is 1.72 bits per heavy atom. The number of halogens is 2. The van der Waals surface area contributed by atoms with Crippen molar-refractivity contribution in [3.8, 4) is 0 Å². The standard InChI is InChI=1S/C23H16ClFN2O4S/c24-16-6-4-8-18(12-16)27-21(28)14-32(30,31)23(27)19-9-1-2-10-20(19)26(22(23)29)13-15-5-3-7-17(25)11-15/h1-12H,13-14H2/t23-/m1/s1. The smallest absolute Gasteiger partial charge is 0.274 e. The van der Waals surface area contributed by atoms with E-state index in [9.17, 15) is 22.4 Å². The average Bonchev–Trinajstić information content (AvgIpc) is 3.11. The molecule has 0 unspecified atom stereocenters. The molecule has 1 saturated heterocycles. The molecule has 0 aromatic heterocycles. The lowest BCUT2D eigenvalue weighted by atomic mass is 10.0. The summed E-state index contributed by atoms with van der Waals surface area (Å²) >= 11 is 6.11. The lowest BCUT2D eigenvalue weighted by molar-refractivity contribution is -0.123. The Morgan fingerprint density at radius 3 is 2.47 bits per heavy atom. The number of fused-ring (bicyclic) bond motifs is 2. The van der Waals surface area contributed by atoms with Gasteiger partial charge in [0.2, 0.25) is 5.91 Å². The highest BCUT2D eigenvalue weighted by molar-refractivity contribution is 7.94. The summed E-state index contributed by atoms with van der Waals surface area (Å²) in [6, 6.07) is 18.3. The maximum atomic E-state index is 13.9. The van der Waals surface area contributed by atoms with Gasteiger partial charge in [0.15, 0.2) is 9.84 Å². The first-order valence-electron chi connectivity index (χ1n) is 9.72. The maximum absolute atomic E-state index is 13.9. The summed E-state index contributed by atoms with van der Waals surface area (Å²) in [7, 11) is -4.27. The molecule has 3 aromatic rings. The number of carbonyl (C=O) groups excluding carboxylic acids is 2. The van der Waals surface area contributed by atoms with E-state index in [2.05, 4.69) is 0 Å². The third kappa shape index (κ3) is 2.79. The van der Waals surface area contributed by atoms with Crippen LogP contribution in [0.15, 0.2) is 72.8 Å². The van der Waals surface area contributed by atoms with Crippen molar-refractivity contribution in [2.24, 2.45) is 0 Å². The van der Waals surface area contributed by atoms with Crippen molar-refractivity contribution in [1.29, 1.82) is 0 Å². The van der Waals surface area contributed by atoms with E-state index in [4.69, 9.17) is 11.6 Å². The fourth-order valence-corrected chi connectivity index (χ4v) is 6.70. The van der Waals surface area contributed by atoms with Crippen molar-refractivity contribution in [3.63, 3.8) is 0 Å². The van der Waals surface area contributed by atoms with Gasteiger partial charge in [0.05, 0.1) is 12.2 Å². The van der Waals surface area contributed by atoms with Crippen molar-refractivity contribution in [1.82, 2.24) is 0 Å². The van der Waals surface area contributed by atoms with E-state index in [1.165, 1.54) is 41.3 Å². The topological polar surface area (TPSA) is 74.8 Å². The Labute approximate surface area is 188 Å². The molecule has 6 nitrogen and oxygen atoms in total. The molecule has 0 radical (unpaired) electrons. The van der Waals surface area contributed by atoms with Crippen LogP contribution in [0.25, 0.3) is 0 Å². The van der Waals surface area contributed by atoms with Crippen LogP contribution < -0.4 is 9.80 Å². The average molecular weight is 471 g/mol. The SMILES string of the molecule is O=C1CS(=O)(=O)[C@]2(C(=O)N(Cc3cccc(F)c3)c3ccccc32)N1c1cccc(Cl)c1. The second kappa shape index (κ2) is 7.15.